The van der Waals surface area contributed by atoms with Crippen molar-refractivity contribution in [1.29, 1.82) is 0 Å². The topological polar surface area (TPSA) is 55.2 Å². The lowest BCUT2D eigenvalue weighted by Gasteiger charge is -2.33. The van der Waals surface area contributed by atoms with Gasteiger partial charge < -0.3 is 18.8 Å². The molecule has 3 aromatic rings. The average Bonchev–Trinajstić information content (AvgIpc) is 3.35. The first-order chi connectivity index (χ1) is 15.7. The van der Waals surface area contributed by atoms with E-state index >= 15 is 0 Å². The van der Waals surface area contributed by atoms with Crippen molar-refractivity contribution in [2.45, 2.75) is 13.2 Å². The quantitative estimate of drug-likeness (QED) is 0.499. The number of nitrogens with zero attached hydrogens (tertiary/aromatic N) is 2. The molecule has 166 valence electrons. The number of ether oxygens (including phenoxy) is 2. The zero-order chi connectivity index (χ0) is 22.2. The summed E-state index contributed by atoms with van der Waals surface area (Å²) in [7, 11) is 1.64. The summed E-state index contributed by atoms with van der Waals surface area (Å²) in [6, 6.07) is 19.4. The molecule has 2 heterocycles. The summed E-state index contributed by atoms with van der Waals surface area (Å²) in [6.07, 6.45) is 5.19. The predicted octanol–water partition coefficient (Wildman–Crippen LogP) is 4.22. The van der Waals surface area contributed by atoms with E-state index in [9.17, 15) is 4.79 Å². The SMILES string of the molecule is COc1ccc(/C=C/C(=O)N2CCN(Cc3ccco3)CC2)cc1COc1ccccc1. The maximum absolute atomic E-state index is 12.7. The summed E-state index contributed by atoms with van der Waals surface area (Å²) in [6.45, 7) is 4.27. The number of furan rings is 1. The van der Waals surface area contributed by atoms with Crippen molar-refractivity contribution >= 4 is 12.0 Å². The Balaban J connectivity index is 1.32. The molecule has 1 aromatic heterocycles. The lowest BCUT2D eigenvalue weighted by Crippen LogP contribution is -2.47. The molecule has 2 aromatic carbocycles. The van der Waals surface area contributed by atoms with E-state index in [-0.39, 0.29) is 5.91 Å². The predicted molar refractivity (Wildman–Crippen MR) is 123 cm³/mol. The summed E-state index contributed by atoms with van der Waals surface area (Å²) in [5.41, 5.74) is 1.86. The second-order valence-corrected chi connectivity index (χ2v) is 7.69. The Morgan fingerprint density at radius 2 is 1.84 bits per heavy atom. The van der Waals surface area contributed by atoms with Crippen molar-refractivity contribution in [3.63, 3.8) is 0 Å². The van der Waals surface area contributed by atoms with Gasteiger partial charge in [0.1, 0.15) is 23.9 Å². The number of para-hydroxylation sites is 1. The summed E-state index contributed by atoms with van der Waals surface area (Å²) in [4.78, 5) is 16.9. The number of rotatable bonds is 8. The van der Waals surface area contributed by atoms with Crippen LogP contribution in [-0.2, 0) is 17.9 Å². The van der Waals surface area contributed by atoms with Crippen LogP contribution in [0.1, 0.15) is 16.9 Å². The molecule has 0 atom stereocenters. The van der Waals surface area contributed by atoms with E-state index in [0.29, 0.717) is 19.7 Å². The molecule has 6 heteroatoms. The molecule has 0 aliphatic carbocycles. The minimum absolute atomic E-state index is 0.0283. The molecule has 4 rings (SSSR count). The molecular weight excluding hydrogens is 404 g/mol. The van der Waals surface area contributed by atoms with Gasteiger partial charge in [-0.05, 0) is 48.0 Å². The zero-order valence-corrected chi connectivity index (χ0v) is 18.3. The van der Waals surface area contributed by atoms with E-state index < -0.39 is 0 Å². The maximum atomic E-state index is 12.7. The van der Waals surface area contributed by atoms with Crippen LogP contribution >= 0.6 is 0 Å². The highest BCUT2D eigenvalue weighted by Gasteiger charge is 2.20. The number of carbonyl (C=O) groups excluding carboxylic acids is 1. The molecule has 0 radical (unpaired) electrons. The third kappa shape index (κ3) is 5.80. The molecular formula is C26H28N2O4. The molecule has 0 spiro atoms. The summed E-state index contributed by atoms with van der Waals surface area (Å²) in [5, 5.41) is 0. The van der Waals surface area contributed by atoms with Crippen molar-refractivity contribution in [3.05, 3.63) is 89.9 Å². The van der Waals surface area contributed by atoms with Crippen LogP contribution in [0.25, 0.3) is 6.08 Å². The molecule has 0 saturated carbocycles. The van der Waals surface area contributed by atoms with Crippen LogP contribution in [0.4, 0.5) is 0 Å². The van der Waals surface area contributed by atoms with E-state index in [1.807, 2.05) is 71.6 Å². The third-order valence-electron chi connectivity index (χ3n) is 5.50. The first-order valence-corrected chi connectivity index (χ1v) is 10.8. The summed E-state index contributed by atoms with van der Waals surface area (Å²) in [5.74, 6) is 2.55. The number of benzene rings is 2. The second kappa shape index (κ2) is 10.7. The third-order valence-corrected chi connectivity index (χ3v) is 5.50. The fourth-order valence-electron chi connectivity index (χ4n) is 3.72. The van der Waals surface area contributed by atoms with Gasteiger partial charge >= 0.3 is 0 Å². The fourth-order valence-corrected chi connectivity index (χ4v) is 3.72. The molecule has 32 heavy (non-hydrogen) atoms. The molecule has 6 nitrogen and oxygen atoms in total. The van der Waals surface area contributed by atoms with Gasteiger partial charge in [-0.2, -0.15) is 0 Å². The molecule has 0 N–H and O–H groups in total. The molecule has 1 fully saturated rings. The Bertz CT molecular complexity index is 1020. The lowest BCUT2D eigenvalue weighted by atomic mass is 10.1. The van der Waals surface area contributed by atoms with Crippen molar-refractivity contribution in [2.75, 3.05) is 33.3 Å². The molecule has 1 aliphatic rings. The van der Waals surface area contributed by atoms with Crippen LogP contribution in [0.2, 0.25) is 0 Å². The van der Waals surface area contributed by atoms with Gasteiger partial charge in [0.05, 0.1) is 19.9 Å². The van der Waals surface area contributed by atoms with Crippen molar-refractivity contribution in [3.8, 4) is 11.5 Å². The number of piperazine rings is 1. The Morgan fingerprint density at radius 3 is 2.56 bits per heavy atom. The minimum atomic E-state index is 0.0283. The number of amides is 1. The van der Waals surface area contributed by atoms with Gasteiger partial charge in [0, 0.05) is 37.8 Å². The molecule has 1 amide bonds. The number of carbonyl (C=O) groups is 1. The van der Waals surface area contributed by atoms with E-state index in [1.165, 1.54) is 0 Å². The van der Waals surface area contributed by atoms with Gasteiger partial charge in [-0.1, -0.05) is 24.3 Å². The van der Waals surface area contributed by atoms with Crippen molar-refractivity contribution in [1.82, 2.24) is 9.80 Å². The van der Waals surface area contributed by atoms with Crippen LogP contribution in [-0.4, -0.2) is 49.0 Å². The molecule has 1 aliphatic heterocycles. The average molecular weight is 433 g/mol. The second-order valence-electron chi connectivity index (χ2n) is 7.69. The van der Waals surface area contributed by atoms with Gasteiger partial charge in [0.15, 0.2) is 0 Å². The molecule has 1 saturated heterocycles. The monoisotopic (exact) mass is 432 g/mol. The normalized spacial score (nSPS) is 14.6. The van der Waals surface area contributed by atoms with E-state index in [1.54, 1.807) is 19.4 Å². The fraction of sp³-hybridized carbons (Fsp3) is 0.269. The summed E-state index contributed by atoms with van der Waals surface area (Å²) >= 11 is 0. The lowest BCUT2D eigenvalue weighted by molar-refractivity contribution is -0.127. The van der Waals surface area contributed by atoms with Gasteiger partial charge in [0.2, 0.25) is 5.91 Å². The Labute approximate surface area is 188 Å². The van der Waals surface area contributed by atoms with Crippen molar-refractivity contribution < 1.29 is 18.7 Å². The number of hydrogen-bond acceptors (Lipinski definition) is 5. The Morgan fingerprint density at radius 1 is 1.03 bits per heavy atom. The smallest absolute Gasteiger partial charge is 0.246 e. The first-order valence-electron chi connectivity index (χ1n) is 10.8. The number of methoxy groups -OCH3 is 1. The molecule has 0 unspecified atom stereocenters. The van der Waals surface area contributed by atoms with Crippen LogP contribution < -0.4 is 9.47 Å². The van der Waals surface area contributed by atoms with E-state index in [4.69, 9.17) is 13.9 Å². The highest BCUT2D eigenvalue weighted by atomic mass is 16.5. The zero-order valence-electron chi connectivity index (χ0n) is 18.3. The van der Waals surface area contributed by atoms with Crippen LogP contribution in [0.3, 0.4) is 0 Å². The van der Waals surface area contributed by atoms with Crippen molar-refractivity contribution in [2.24, 2.45) is 0 Å². The molecule has 0 bridgehead atoms. The highest BCUT2D eigenvalue weighted by Crippen LogP contribution is 2.23. The van der Waals surface area contributed by atoms with Gasteiger partial charge in [-0.3, -0.25) is 9.69 Å². The highest BCUT2D eigenvalue weighted by molar-refractivity contribution is 5.91. The van der Waals surface area contributed by atoms with Gasteiger partial charge in [-0.25, -0.2) is 0 Å². The van der Waals surface area contributed by atoms with Crippen LogP contribution in [0.15, 0.2) is 77.4 Å². The van der Waals surface area contributed by atoms with Gasteiger partial charge in [0.25, 0.3) is 0 Å². The first kappa shape index (κ1) is 21.7. The Kier molecular flexibility index (Phi) is 7.25. The van der Waals surface area contributed by atoms with Gasteiger partial charge in [-0.15, -0.1) is 0 Å². The maximum Gasteiger partial charge on any atom is 0.246 e. The summed E-state index contributed by atoms with van der Waals surface area (Å²) < 4.78 is 16.7. The Hall–Kier alpha value is -3.51. The van der Waals surface area contributed by atoms with E-state index in [2.05, 4.69) is 4.90 Å². The minimum Gasteiger partial charge on any atom is -0.496 e. The van der Waals surface area contributed by atoms with Crippen LogP contribution in [0.5, 0.6) is 11.5 Å². The standard InChI is InChI=1S/C26H28N2O4/c1-30-25-11-9-21(18-22(25)20-32-23-6-3-2-4-7-23)10-12-26(29)28-15-13-27(14-16-28)19-24-8-5-17-31-24/h2-12,17-18H,13-16,19-20H2,1H3/b12-10+. The van der Waals surface area contributed by atoms with Crippen LogP contribution in [0, 0.1) is 0 Å². The number of hydrogen-bond donors (Lipinski definition) is 0. The van der Waals surface area contributed by atoms with E-state index in [0.717, 1.165) is 48.0 Å². The largest absolute Gasteiger partial charge is 0.496 e.